The average Bonchev–Trinajstić information content (AvgIpc) is 3.61. The minimum Gasteiger partial charge on any atom is -0.459 e. The van der Waals surface area contributed by atoms with Crippen molar-refractivity contribution in [2.75, 3.05) is 18.1 Å². The van der Waals surface area contributed by atoms with Gasteiger partial charge in [0.2, 0.25) is 5.91 Å². The standard InChI is InChI=1S/C30H41NO6S/c1-4-5-6-10-26(32)21-11-13-23(14-12-21)31-22(15-18-28(31)33)8-7-9-25-16-17-27(38-25)29(34)35-19-24-20-36-30(2,3)37-24/h11-14,16-17,22,24,26,32H,4-10,15,18-20H2,1-3H3/t22?,24?,26-/m0/s1. The van der Waals surface area contributed by atoms with Crippen LogP contribution in [0.2, 0.25) is 0 Å². The summed E-state index contributed by atoms with van der Waals surface area (Å²) >= 11 is 1.46. The number of amides is 1. The van der Waals surface area contributed by atoms with Crippen LogP contribution < -0.4 is 4.90 Å². The molecule has 0 bridgehead atoms. The van der Waals surface area contributed by atoms with Crippen LogP contribution >= 0.6 is 11.3 Å². The van der Waals surface area contributed by atoms with Crippen LogP contribution in [0.15, 0.2) is 36.4 Å². The highest BCUT2D eigenvalue weighted by Gasteiger charge is 2.34. The van der Waals surface area contributed by atoms with Gasteiger partial charge in [0, 0.05) is 23.0 Å². The molecule has 38 heavy (non-hydrogen) atoms. The molecule has 0 spiro atoms. The van der Waals surface area contributed by atoms with Gasteiger partial charge in [-0.3, -0.25) is 4.79 Å². The van der Waals surface area contributed by atoms with E-state index in [2.05, 4.69) is 6.92 Å². The molecule has 8 heteroatoms. The van der Waals surface area contributed by atoms with Crippen molar-refractivity contribution in [3.8, 4) is 0 Å². The molecule has 3 atom stereocenters. The maximum Gasteiger partial charge on any atom is 0.348 e. The van der Waals surface area contributed by atoms with Gasteiger partial charge in [-0.15, -0.1) is 11.3 Å². The Morgan fingerprint density at radius 1 is 1.18 bits per heavy atom. The Morgan fingerprint density at radius 3 is 2.68 bits per heavy atom. The van der Waals surface area contributed by atoms with E-state index in [1.165, 1.54) is 11.3 Å². The van der Waals surface area contributed by atoms with Gasteiger partial charge in [-0.05, 0) is 75.8 Å². The van der Waals surface area contributed by atoms with E-state index in [0.29, 0.717) is 17.9 Å². The van der Waals surface area contributed by atoms with Crippen LogP contribution in [0.5, 0.6) is 0 Å². The molecule has 208 valence electrons. The third-order valence-electron chi connectivity index (χ3n) is 7.25. The van der Waals surface area contributed by atoms with Crippen LogP contribution in [0.4, 0.5) is 5.69 Å². The maximum atomic E-state index is 12.7. The summed E-state index contributed by atoms with van der Waals surface area (Å²) in [7, 11) is 0. The summed E-state index contributed by atoms with van der Waals surface area (Å²) in [5.74, 6) is -0.805. The molecule has 2 unspecified atom stereocenters. The highest BCUT2D eigenvalue weighted by molar-refractivity contribution is 7.13. The number of ether oxygens (including phenoxy) is 3. The minimum absolute atomic E-state index is 0.160. The number of unbranched alkanes of at least 4 members (excludes halogenated alkanes) is 2. The van der Waals surface area contributed by atoms with Crippen LogP contribution in [0.3, 0.4) is 0 Å². The predicted octanol–water partition coefficient (Wildman–Crippen LogP) is 6.19. The van der Waals surface area contributed by atoms with E-state index in [9.17, 15) is 14.7 Å². The van der Waals surface area contributed by atoms with Gasteiger partial charge < -0.3 is 24.2 Å². The van der Waals surface area contributed by atoms with Gasteiger partial charge in [-0.25, -0.2) is 4.79 Å². The molecule has 0 saturated carbocycles. The normalized spacial score (nSPS) is 21.7. The summed E-state index contributed by atoms with van der Waals surface area (Å²) < 4.78 is 16.6. The molecular formula is C30H41NO6S. The molecule has 2 aromatic rings. The monoisotopic (exact) mass is 543 g/mol. The summed E-state index contributed by atoms with van der Waals surface area (Å²) in [5.41, 5.74) is 1.82. The first-order valence-electron chi connectivity index (χ1n) is 13.9. The fourth-order valence-electron chi connectivity index (χ4n) is 5.20. The molecule has 3 heterocycles. The van der Waals surface area contributed by atoms with E-state index in [0.717, 1.165) is 67.5 Å². The zero-order valence-corrected chi connectivity index (χ0v) is 23.6. The van der Waals surface area contributed by atoms with E-state index < -0.39 is 11.9 Å². The van der Waals surface area contributed by atoms with Gasteiger partial charge in [0.25, 0.3) is 0 Å². The molecule has 1 aromatic heterocycles. The minimum atomic E-state index is -0.632. The molecule has 1 aromatic carbocycles. The number of rotatable bonds is 13. The topological polar surface area (TPSA) is 85.3 Å². The van der Waals surface area contributed by atoms with Gasteiger partial charge in [0.15, 0.2) is 5.79 Å². The smallest absolute Gasteiger partial charge is 0.348 e. The molecule has 2 aliphatic rings. The summed E-state index contributed by atoms with van der Waals surface area (Å²) in [4.78, 5) is 28.8. The Hall–Kier alpha value is -2.26. The van der Waals surface area contributed by atoms with Crippen LogP contribution in [0.25, 0.3) is 0 Å². The molecule has 0 aliphatic carbocycles. The molecule has 4 rings (SSSR count). The number of anilines is 1. The third-order valence-corrected chi connectivity index (χ3v) is 8.38. The van der Waals surface area contributed by atoms with Crippen molar-refractivity contribution < 1.29 is 28.9 Å². The van der Waals surface area contributed by atoms with Gasteiger partial charge in [-0.1, -0.05) is 38.3 Å². The number of nitrogens with zero attached hydrogens (tertiary/aromatic N) is 1. The largest absolute Gasteiger partial charge is 0.459 e. The second-order valence-corrected chi connectivity index (χ2v) is 11.9. The van der Waals surface area contributed by atoms with Crippen molar-refractivity contribution in [1.82, 2.24) is 0 Å². The molecule has 2 saturated heterocycles. The van der Waals surface area contributed by atoms with Crippen molar-refractivity contribution in [2.24, 2.45) is 0 Å². The fraction of sp³-hybridized carbons (Fsp3) is 0.600. The number of carbonyl (C=O) groups is 2. The Kier molecular flexibility index (Phi) is 9.98. The number of aliphatic hydroxyl groups excluding tert-OH is 1. The van der Waals surface area contributed by atoms with Crippen molar-refractivity contribution in [3.63, 3.8) is 0 Å². The van der Waals surface area contributed by atoms with Gasteiger partial charge in [-0.2, -0.15) is 0 Å². The van der Waals surface area contributed by atoms with E-state index in [-0.39, 0.29) is 30.6 Å². The number of thiophene rings is 1. The first kappa shape index (κ1) is 28.7. The molecule has 0 radical (unpaired) electrons. The van der Waals surface area contributed by atoms with Crippen LogP contribution in [0, 0.1) is 0 Å². The maximum absolute atomic E-state index is 12.7. The Bertz CT molecular complexity index is 1060. The average molecular weight is 544 g/mol. The lowest BCUT2D eigenvalue weighted by atomic mass is 10.0. The lowest BCUT2D eigenvalue weighted by Gasteiger charge is -2.25. The predicted molar refractivity (Wildman–Crippen MR) is 148 cm³/mol. The highest BCUT2D eigenvalue weighted by Crippen LogP contribution is 2.32. The highest BCUT2D eigenvalue weighted by atomic mass is 32.1. The van der Waals surface area contributed by atoms with Crippen molar-refractivity contribution in [2.45, 2.75) is 103 Å². The van der Waals surface area contributed by atoms with E-state index in [1.807, 2.05) is 55.1 Å². The summed E-state index contributed by atoms with van der Waals surface area (Å²) in [6.07, 6.45) is 7.46. The molecular weight excluding hydrogens is 502 g/mol. The number of esters is 1. The SMILES string of the molecule is CCCCC[C@H](O)c1ccc(N2C(=O)CCC2CCCc2ccc(C(=O)OCC3COC(C)(C)O3)s2)cc1. The van der Waals surface area contributed by atoms with Gasteiger partial charge >= 0.3 is 5.97 Å². The van der Waals surface area contributed by atoms with Gasteiger partial charge in [0.05, 0.1) is 12.7 Å². The molecule has 7 nitrogen and oxygen atoms in total. The summed E-state index contributed by atoms with van der Waals surface area (Å²) in [6.45, 7) is 6.45. The van der Waals surface area contributed by atoms with Gasteiger partial charge in [0.1, 0.15) is 17.6 Å². The number of carbonyl (C=O) groups excluding carboxylic acids is 2. The zero-order valence-electron chi connectivity index (χ0n) is 22.8. The number of benzene rings is 1. The van der Waals surface area contributed by atoms with Crippen molar-refractivity contribution >= 4 is 28.9 Å². The number of hydrogen-bond donors (Lipinski definition) is 1. The molecule has 1 N–H and O–H groups in total. The van der Waals surface area contributed by atoms with E-state index >= 15 is 0 Å². The Balaban J connectivity index is 1.24. The Labute approximate surface area is 230 Å². The van der Waals surface area contributed by atoms with E-state index in [1.54, 1.807) is 0 Å². The van der Waals surface area contributed by atoms with Crippen molar-refractivity contribution in [3.05, 3.63) is 51.7 Å². The second-order valence-electron chi connectivity index (χ2n) is 10.8. The zero-order chi connectivity index (χ0) is 27.1. The first-order chi connectivity index (χ1) is 18.3. The van der Waals surface area contributed by atoms with E-state index in [4.69, 9.17) is 14.2 Å². The lowest BCUT2D eigenvalue weighted by Crippen LogP contribution is -2.32. The fourth-order valence-corrected chi connectivity index (χ4v) is 6.15. The second kappa shape index (κ2) is 13.2. The number of aryl methyl sites for hydroxylation is 1. The lowest BCUT2D eigenvalue weighted by molar-refractivity contribution is -0.142. The van der Waals surface area contributed by atoms with Crippen LogP contribution in [0.1, 0.15) is 98.4 Å². The number of aliphatic hydroxyl groups is 1. The molecule has 2 aliphatic heterocycles. The van der Waals surface area contributed by atoms with Crippen LogP contribution in [-0.4, -0.2) is 48.1 Å². The summed E-state index contributed by atoms with van der Waals surface area (Å²) in [6, 6.07) is 11.8. The number of hydrogen-bond acceptors (Lipinski definition) is 7. The molecule has 1 amide bonds. The quantitative estimate of drug-likeness (QED) is 0.240. The molecule has 2 fully saturated rings. The summed E-state index contributed by atoms with van der Waals surface area (Å²) in [5, 5.41) is 10.4. The first-order valence-corrected chi connectivity index (χ1v) is 14.7. The van der Waals surface area contributed by atoms with Crippen molar-refractivity contribution in [1.29, 1.82) is 0 Å². The van der Waals surface area contributed by atoms with Crippen LogP contribution in [-0.2, 0) is 25.4 Å². The third kappa shape index (κ3) is 7.65. The Morgan fingerprint density at radius 2 is 1.97 bits per heavy atom.